The van der Waals surface area contributed by atoms with E-state index in [1.165, 1.54) is 6.07 Å². The summed E-state index contributed by atoms with van der Waals surface area (Å²) >= 11 is 11.9. The Hall–Kier alpha value is -2.02. The quantitative estimate of drug-likeness (QED) is 0.802. The van der Waals surface area contributed by atoms with Crippen molar-refractivity contribution in [1.29, 1.82) is 0 Å². The predicted molar refractivity (Wildman–Crippen MR) is 84.5 cm³/mol. The maximum absolute atomic E-state index is 12.0. The average Bonchev–Trinajstić information content (AvgIpc) is 3.01. The molecule has 0 saturated carbocycles. The predicted octanol–water partition coefficient (Wildman–Crippen LogP) is 2.52. The van der Waals surface area contributed by atoms with E-state index in [9.17, 15) is 9.59 Å². The Balaban J connectivity index is 2.18. The molecule has 1 aromatic carbocycles. The van der Waals surface area contributed by atoms with Crippen LogP contribution in [-0.4, -0.2) is 36.7 Å². The number of halogens is 2. The first-order valence-electron chi connectivity index (χ1n) is 6.51. The lowest BCUT2D eigenvalue weighted by molar-refractivity contribution is -0.143. The minimum absolute atomic E-state index is 0.0339. The van der Waals surface area contributed by atoms with Gasteiger partial charge in [-0.3, -0.25) is 4.79 Å². The van der Waals surface area contributed by atoms with Gasteiger partial charge in [0.15, 0.2) is 11.8 Å². The highest BCUT2D eigenvalue weighted by atomic mass is 35.5. The Morgan fingerprint density at radius 2 is 2.04 bits per heavy atom. The Morgan fingerprint density at radius 1 is 1.30 bits per heavy atom. The molecule has 0 spiro atoms. The van der Waals surface area contributed by atoms with Crippen LogP contribution >= 0.6 is 23.2 Å². The van der Waals surface area contributed by atoms with Crippen molar-refractivity contribution in [3.63, 3.8) is 0 Å². The number of aliphatic hydroxyl groups excluding tert-OH is 1. The first-order valence-corrected chi connectivity index (χ1v) is 7.26. The zero-order chi connectivity index (χ0) is 17.0. The van der Waals surface area contributed by atoms with Crippen molar-refractivity contribution in [3.8, 4) is 11.3 Å². The van der Waals surface area contributed by atoms with Gasteiger partial charge in [-0.25, -0.2) is 4.79 Å². The molecule has 8 heteroatoms. The van der Waals surface area contributed by atoms with Crippen LogP contribution in [0.2, 0.25) is 10.0 Å². The van der Waals surface area contributed by atoms with Crippen LogP contribution in [-0.2, 0) is 9.53 Å². The van der Waals surface area contributed by atoms with Crippen LogP contribution in [0.1, 0.15) is 10.6 Å². The third kappa shape index (κ3) is 4.04. The number of ether oxygens (including phenoxy) is 1. The van der Waals surface area contributed by atoms with Gasteiger partial charge in [0.1, 0.15) is 5.76 Å². The molecule has 0 fully saturated rings. The smallest absolute Gasteiger partial charge is 0.330 e. The van der Waals surface area contributed by atoms with Crippen LogP contribution in [0.25, 0.3) is 11.3 Å². The first kappa shape index (κ1) is 17.3. The second kappa shape index (κ2) is 7.50. The molecule has 0 radical (unpaired) electrons. The molecule has 1 aromatic heterocycles. The summed E-state index contributed by atoms with van der Waals surface area (Å²) in [5.74, 6) is -1.08. The van der Waals surface area contributed by atoms with Gasteiger partial charge in [-0.15, -0.1) is 0 Å². The zero-order valence-corrected chi connectivity index (χ0v) is 13.5. The van der Waals surface area contributed by atoms with E-state index in [0.717, 1.165) is 7.11 Å². The average molecular weight is 358 g/mol. The maximum atomic E-state index is 12.0. The van der Waals surface area contributed by atoms with Crippen molar-refractivity contribution < 1.29 is 23.8 Å². The molecule has 0 bridgehead atoms. The first-order chi connectivity index (χ1) is 11.0. The molecule has 1 atom stereocenters. The van der Waals surface area contributed by atoms with E-state index < -0.39 is 24.5 Å². The van der Waals surface area contributed by atoms with Gasteiger partial charge in [-0.2, -0.15) is 0 Å². The Bertz CT molecular complexity index is 728. The lowest BCUT2D eigenvalue weighted by atomic mass is 10.2. The van der Waals surface area contributed by atoms with Crippen molar-refractivity contribution in [2.45, 2.75) is 6.04 Å². The van der Waals surface area contributed by atoms with Crippen LogP contribution < -0.4 is 5.32 Å². The minimum atomic E-state index is -1.17. The lowest BCUT2D eigenvalue weighted by Crippen LogP contribution is -2.43. The number of furan rings is 1. The van der Waals surface area contributed by atoms with E-state index in [1.807, 2.05) is 0 Å². The number of carbonyl (C=O) groups is 2. The molecule has 1 amide bonds. The molecule has 0 aliphatic carbocycles. The Kier molecular flexibility index (Phi) is 5.65. The van der Waals surface area contributed by atoms with Gasteiger partial charge in [0.05, 0.1) is 18.7 Å². The fourth-order valence-electron chi connectivity index (χ4n) is 1.84. The molecule has 0 saturated heterocycles. The number of amides is 1. The Labute approximate surface area is 141 Å². The SMILES string of the molecule is COC(=O)[C@@H](CO)NC(=O)c1ccc(-c2ccc(Cl)cc2Cl)o1. The van der Waals surface area contributed by atoms with Crippen LogP contribution in [0.5, 0.6) is 0 Å². The van der Waals surface area contributed by atoms with Crippen LogP contribution in [0.15, 0.2) is 34.7 Å². The number of hydrogen-bond acceptors (Lipinski definition) is 5. The standard InChI is InChI=1S/C15H13Cl2NO5/c1-22-15(21)11(7-19)18-14(20)13-5-4-12(23-13)9-3-2-8(16)6-10(9)17/h2-6,11,19H,7H2,1H3,(H,18,20)/t11-/m1/s1. The lowest BCUT2D eigenvalue weighted by Gasteiger charge is -2.12. The second-order valence-electron chi connectivity index (χ2n) is 4.52. The van der Waals surface area contributed by atoms with Crippen LogP contribution in [0, 0.1) is 0 Å². The van der Waals surface area contributed by atoms with E-state index in [1.54, 1.807) is 24.3 Å². The minimum Gasteiger partial charge on any atom is -0.467 e. The number of rotatable bonds is 5. The van der Waals surface area contributed by atoms with Crippen LogP contribution in [0.3, 0.4) is 0 Å². The third-order valence-electron chi connectivity index (χ3n) is 3.00. The molecular formula is C15H13Cl2NO5. The molecule has 0 unspecified atom stereocenters. The van der Waals surface area contributed by atoms with E-state index in [4.69, 9.17) is 32.7 Å². The monoisotopic (exact) mass is 357 g/mol. The van der Waals surface area contributed by atoms with Gasteiger partial charge in [-0.05, 0) is 30.3 Å². The van der Waals surface area contributed by atoms with Crippen molar-refractivity contribution in [2.24, 2.45) is 0 Å². The van der Waals surface area contributed by atoms with Gasteiger partial charge < -0.3 is 19.6 Å². The van der Waals surface area contributed by atoms with Crippen LogP contribution in [0.4, 0.5) is 0 Å². The van der Waals surface area contributed by atoms with Gasteiger partial charge in [-0.1, -0.05) is 23.2 Å². The summed E-state index contributed by atoms with van der Waals surface area (Å²) in [6.07, 6.45) is 0. The molecule has 122 valence electrons. The van der Waals surface area contributed by atoms with Gasteiger partial charge >= 0.3 is 5.97 Å². The zero-order valence-electron chi connectivity index (χ0n) is 12.0. The largest absolute Gasteiger partial charge is 0.467 e. The molecule has 6 nitrogen and oxygen atoms in total. The number of aliphatic hydroxyl groups is 1. The highest BCUT2D eigenvalue weighted by Crippen LogP contribution is 2.31. The number of hydrogen-bond donors (Lipinski definition) is 2. The van der Waals surface area contributed by atoms with Crippen molar-refractivity contribution in [2.75, 3.05) is 13.7 Å². The highest BCUT2D eigenvalue weighted by molar-refractivity contribution is 6.36. The van der Waals surface area contributed by atoms with E-state index in [2.05, 4.69) is 10.1 Å². The summed E-state index contributed by atoms with van der Waals surface area (Å²) in [6.45, 7) is -0.588. The summed E-state index contributed by atoms with van der Waals surface area (Å²) in [6, 6.07) is 6.69. The molecule has 23 heavy (non-hydrogen) atoms. The van der Waals surface area contributed by atoms with Crippen molar-refractivity contribution >= 4 is 35.1 Å². The van der Waals surface area contributed by atoms with Gasteiger partial charge in [0.25, 0.3) is 5.91 Å². The fraction of sp³-hybridized carbons (Fsp3) is 0.200. The molecule has 2 rings (SSSR count). The topological polar surface area (TPSA) is 88.8 Å². The summed E-state index contributed by atoms with van der Waals surface area (Å²) in [5.41, 5.74) is 0.571. The second-order valence-corrected chi connectivity index (χ2v) is 5.36. The molecule has 0 aliphatic rings. The number of carbonyl (C=O) groups excluding carboxylic acids is 2. The highest BCUT2D eigenvalue weighted by Gasteiger charge is 2.23. The number of esters is 1. The number of benzene rings is 1. The summed E-state index contributed by atoms with van der Waals surface area (Å²) in [4.78, 5) is 23.4. The molecule has 0 aliphatic heterocycles. The molecule has 1 heterocycles. The third-order valence-corrected chi connectivity index (χ3v) is 3.55. The van der Waals surface area contributed by atoms with Gasteiger partial charge in [0, 0.05) is 10.6 Å². The fourth-order valence-corrected chi connectivity index (χ4v) is 2.35. The van der Waals surface area contributed by atoms with E-state index >= 15 is 0 Å². The maximum Gasteiger partial charge on any atom is 0.330 e. The normalized spacial score (nSPS) is 11.8. The molecule has 2 N–H and O–H groups in total. The van der Waals surface area contributed by atoms with Crippen molar-refractivity contribution in [1.82, 2.24) is 5.32 Å². The van der Waals surface area contributed by atoms with E-state index in [0.29, 0.717) is 21.4 Å². The Morgan fingerprint density at radius 3 is 2.65 bits per heavy atom. The van der Waals surface area contributed by atoms with Gasteiger partial charge in [0.2, 0.25) is 0 Å². The van der Waals surface area contributed by atoms with Crippen molar-refractivity contribution in [3.05, 3.63) is 46.1 Å². The molecular weight excluding hydrogens is 345 g/mol. The summed E-state index contributed by atoms with van der Waals surface area (Å²) < 4.78 is 9.90. The number of nitrogens with one attached hydrogen (secondary N) is 1. The molecule has 2 aromatic rings. The summed E-state index contributed by atoms with van der Waals surface area (Å²) in [7, 11) is 1.16. The summed E-state index contributed by atoms with van der Waals surface area (Å²) in [5, 5.41) is 12.3. The number of methoxy groups -OCH3 is 1. The van der Waals surface area contributed by atoms with E-state index in [-0.39, 0.29) is 5.76 Å².